The SMILES string of the molecule is N=C(N)c1ccc(C[n+]2ccn3c2ccn3CC2=C(C(=O)[O-])N3C(=O)[C@@H](CC(=O)/C(=N\OCC(=O)O)c4csc(N)n4)[C@H]3SC2)c(F)c1. The lowest BCUT2D eigenvalue weighted by Crippen LogP contribution is -2.63. The molecule has 0 aliphatic carbocycles. The zero-order chi connectivity index (χ0) is 34.3. The standard InChI is InChI=1S/C29H26FN9O7S2/c30-18-7-14(25(31)32)1-2-15(18)9-36-5-6-38-21(36)3-4-37(38)10-16-12-47-27-17(26(43)39(27)24(16)28(44)45)8-20(40)23(35-46-11-22(41)42)19-13-48-29(33)34-19/h1-7,13,17,27H,8-12H2,(H6-,31,32,33,34,41,42,44,45)/b35-23-/t17-,27-/m1/s1. The fraction of sp³-hybridized carbons (Fsp3) is 0.241. The fourth-order valence-electron chi connectivity index (χ4n) is 5.54. The minimum atomic E-state index is -1.54. The van der Waals surface area contributed by atoms with Gasteiger partial charge in [0.25, 0.3) is 0 Å². The molecule has 1 amide bonds. The smallest absolute Gasteiger partial charge is 0.344 e. The number of benzene rings is 1. The zero-order valence-corrected chi connectivity index (χ0v) is 26.4. The van der Waals surface area contributed by atoms with Gasteiger partial charge in [-0.05, 0) is 11.6 Å². The van der Waals surface area contributed by atoms with Crippen molar-refractivity contribution in [3.8, 4) is 0 Å². The average molecular weight is 696 g/mol. The maximum atomic E-state index is 14.7. The number of nitrogens with zero attached hydrogens (tertiary/aromatic N) is 6. The highest BCUT2D eigenvalue weighted by Gasteiger charge is 2.53. The van der Waals surface area contributed by atoms with Gasteiger partial charge in [0.2, 0.25) is 12.5 Å². The van der Waals surface area contributed by atoms with Crippen LogP contribution in [0, 0.1) is 17.1 Å². The number of β-lactam (4-membered cyclic amide) rings is 1. The van der Waals surface area contributed by atoms with Gasteiger partial charge in [-0.1, -0.05) is 17.3 Å². The number of carboxylic acid groups (broad SMARTS) is 2. The number of oxime groups is 1. The second-order valence-electron chi connectivity index (χ2n) is 10.8. The lowest BCUT2D eigenvalue weighted by molar-refractivity contribution is -0.662. The zero-order valence-electron chi connectivity index (χ0n) is 24.7. The number of nitrogens with one attached hydrogen (secondary N) is 1. The number of amides is 1. The van der Waals surface area contributed by atoms with E-state index in [1.807, 2.05) is 0 Å². The van der Waals surface area contributed by atoms with E-state index < -0.39 is 47.3 Å². The summed E-state index contributed by atoms with van der Waals surface area (Å²) in [5, 5.41) is 33.3. The molecule has 4 aromatic rings. The molecule has 248 valence electrons. The van der Waals surface area contributed by atoms with Crippen LogP contribution in [0.15, 0.2) is 64.7 Å². The summed E-state index contributed by atoms with van der Waals surface area (Å²) in [6.45, 7) is -0.524. The molecule has 1 aromatic carbocycles. The summed E-state index contributed by atoms with van der Waals surface area (Å²) >= 11 is 2.33. The van der Waals surface area contributed by atoms with Gasteiger partial charge in [0.15, 0.2) is 22.8 Å². The van der Waals surface area contributed by atoms with E-state index in [0.717, 1.165) is 16.2 Å². The van der Waals surface area contributed by atoms with Crippen molar-refractivity contribution in [3.05, 3.63) is 82.1 Å². The van der Waals surface area contributed by atoms with Crippen LogP contribution in [0.5, 0.6) is 0 Å². The van der Waals surface area contributed by atoms with Gasteiger partial charge < -0.3 is 31.3 Å². The number of hydrogen-bond donors (Lipinski definition) is 4. The van der Waals surface area contributed by atoms with E-state index in [9.17, 15) is 28.7 Å². The molecule has 2 aliphatic rings. The molecule has 0 bridgehead atoms. The summed E-state index contributed by atoms with van der Waals surface area (Å²) in [5.74, 6) is -5.49. The Morgan fingerprint density at radius 3 is 2.73 bits per heavy atom. The lowest BCUT2D eigenvalue weighted by atomic mass is 9.89. The van der Waals surface area contributed by atoms with Crippen LogP contribution >= 0.6 is 23.1 Å². The summed E-state index contributed by atoms with van der Waals surface area (Å²) in [7, 11) is 0. The maximum absolute atomic E-state index is 14.7. The summed E-state index contributed by atoms with van der Waals surface area (Å²) < 4.78 is 20.0. The van der Waals surface area contributed by atoms with Gasteiger partial charge in [0, 0.05) is 28.7 Å². The van der Waals surface area contributed by atoms with E-state index in [-0.39, 0.29) is 58.9 Å². The molecule has 1 saturated heterocycles. The number of hydrogen-bond acceptors (Lipinski definition) is 12. The van der Waals surface area contributed by atoms with Crippen molar-refractivity contribution in [2.75, 3.05) is 18.1 Å². The van der Waals surface area contributed by atoms with Gasteiger partial charge in [-0.15, -0.1) is 27.6 Å². The third-order valence-electron chi connectivity index (χ3n) is 7.78. The Bertz CT molecular complexity index is 2070. The topological polar surface area (TPSA) is 238 Å². The molecule has 1 fully saturated rings. The van der Waals surface area contributed by atoms with Crippen LogP contribution in [0.1, 0.15) is 23.2 Å². The van der Waals surface area contributed by atoms with Gasteiger partial charge in [-0.3, -0.25) is 19.9 Å². The quantitative estimate of drug-likeness (QED) is 0.0459. The van der Waals surface area contributed by atoms with Crippen molar-refractivity contribution in [1.29, 1.82) is 5.41 Å². The van der Waals surface area contributed by atoms with Crippen molar-refractivity contribution in [3.63, 3.8) is 0 Å². The molecule has 0 spiro atoms. The van der Waals surface area contributed by atoms with Crippen LogP contribution < -0.4 is 21.1 Å². The normalized spacial score (nSPS) is 17.7. The van der Waals surface area contributed by atoms with E-state index in [1.165, 1.54) is 23.2 Å². The number of anilines is 1. The number of aromatic nitrogens is 4. The van der Waals surface area contributed by atoms with Crippen molar-refractivity contribution in [2.24, 2.45) is 16.8 Å². The highest BCUT2D eigenvalue weighted by atomic mass is 32.2. The highest BCUT2D eigenvalue weighted by molar-refractivity contribution is 8.00. The van der Waals surface area contributed by atoms with Gasteiger partial charge >= 0.3 is 11.6 Å². The van der Waals surface area contributed by atoms with E-state index in [1.54, 1.807) is 50.6 Å². The molecular formula is C29H26FN9O7S2. The van der Waals surface area contributed by atoms with Crippen molar-refractivity contribution >= 4 is 69.1 Å². The predicted octanol–water partition coefficient (Wildman–Crippen LogP) is -0.462. The molecule has 6 rings (SSSR count). The van der Waals surface area contributed by atoms with E-state index in [0.29, 0.717) is 16.8 Å². The largest absolute Gasteiger partial charge is 0.543 e. The number of thiazole rings is 1. The Morgan fingerprint density at radius 2 is 2.06 bits per heavy atom. The Hall–Kier alpha value is -5.56. The molecule has 0 saturated carbocycles. The number of nitrogens with two attached hydrogens (primary N) is 2. The van der Waals surface area contributed by atoms with Gasteiger partial charge in [-0.2, -0.15) is 0 Å². The second kappa shape index (κ2) is 12.9. The van der Waals surface area contributed by atoms with Gasteiger partial charge in [0.05, 0.1) is 41.8 Å². The predicted molar refractivity (Wildman–Crippen MR) is 167 cm³/mol. The van der Waals surface area contributed by atoms with Crippen LogP contribution in [-0.4, -0.2) is 77.1 Å². The molecule has 2 aliphatic heterocycles. The fourth-order valence-corrected chi connectivity index (χ4v) is 7.49. The van der Waals surface area contributed by atoms with E-state index in [4.69, 9.17) is 26.8 Å². The number of carbonyl (C=O) groups is 4. The number of Topliss-reactive ketones (excluding diaryl/α,β-unsaturated/α-hetero) is 1. The van der Waals surface area contributed by atoms with Crippen LogP contribution in [0.3, 0.4) is 0 Å². The second-order valence-corrected chi connectivity index (χ2v) is 12.8. The van der Waals surface area contributed by atoms with Crippen molar-refractivity contribution < 1.29 is 43.2 Å². The number of ketones is 1. The molecule has 19 heteroatoms. The van der Waals surface area contributed by atoms with Gasteiger partial charge in [-0.25, -0.2) is 23.4 Å². The minimum Gasteiger partial charge on any atom is -0.543 e. The summed E-state index contributed by atoms with van der Waals surface area (Å²) in [4.78, 5) is 59.7. The summed E-state index contributed by atoms with van der Waals surface area (Å²) in [6, 6.07) is 6.12. The number of carbonyl (C=O) groups excluding carboxylic acids is 3. The molecule has 0 radical (unpaired) electrons. The van der Waals surface area contributed by atoms with E-state index in [2.05, 4.69) is 10.1 Å². The molecule has 6 N–H and O–H groups in total. The van der Waals surface area contributed by atoms with Crippen LogP contribution in [0.25, 0.3) is 5.65 Å². The minimum absolute atomic E-state index is 0.0609. The van der Waals surface area contributed by atoms with Crippen LogP contribution in [0.4, 0.5) is 9.52 Å². The number of fused-ring (bicyclic) bond motifs is 2. The van der Waals surface area contributed by atoms with Crippen LogP contribution in [0.2, 0.25) is 0 Å². The van der Waals surface area contributed by atoms with Crippen LogP contribution in [-0.2, 0) is 37.1 Å². The number of nitrogen functional groups attached to an aromatic ring is 2. The number of thioether (sulfide) groups is 1. The van der Waals surface area contributed by atoms with E-state index >= 15 is 0 Å². The Balaban J connectivity index is 1.19. The third kappa shape index (κ3) is 6.11. The molecule has 16 nitrogen and oxygen atoms in total. The number of halogens is 1. The van der Waals surface area contributed by atoms with Gasteiger partial charge in [0.1, 0.15) is 30.1 Å². The Morgan fingerprint density at radius 1 is 1.27 bits per heavy atom. The Labute approximate surface area is 278 Å². The first-order chi connectivity index (χ1) is 22.9. The molecule has 3 aromatic heterocycles. The number of carboxylic acids is 2. The highest BCUT2D eigenvalue weighted by Crippen LogP contribution is 2.45. The number of aliphatic carboxylic acids is 2. The molecule has 2 atom stereocenters. The molecule has 48 heavy (non-hydrogen) atoms. The lowest BCUT2D eigenvalue weighted by Gasteiger charge is -2.50. The first-order valence-electron chi connectivity index (χ1n) is 14.2. The van der Waals surface area contributed by atoms with Crippen molar-refractivity contribution in [1.82, 2.24) is 19.1 Å². The summed E-state index contributed by atoms with van der Waals surface area (Å²) in [6.07, 6.45) is 4.86. The first kappa shape index (κ1) is 32.4. The number of amidine groups is 1. The summed E-state index contributed by atoms with van der Waals surface area (Å²) in [5.41, 5.74) is 12.4. The maximum Gasteiger partial charge on any atom is 0.344 e. The Kier molecular flexibility index (Phi) is 8.71. The molecular weight excluding hydrogens is 670 g/mol. The molecule has 0 unspecified atom stereocenters. The monoisotopic (exact) mass is 695 g/mol. The average Bonchev–Trinajstić information content (AvgIpc) is 3.76. The number of rotatable bonds is 13. The molecule has 5 heterocycles. The van der Waals surface area contributed by atoms with Crippen molar-refractivity contribution in [2.45, 2.75) is 24.9 Å². The first-order valence-corrected chi connectivity index (χ1v) is 16.1. The third-order valence-corrected chi connectivity index (χ3v) is 9.85. The number of imidazole rings is 1.